The van der Waals surface area contributed by atoms with Gasteiger partial charge in [0.05, 0.1) is 16.1 Å². The number of fused-ring (bicyclic) bond motifs is 2. The SMILES string of the molecule is Cc1cc(OCc2nc(-c3ccc4[nH]c(=O)oc4c3)c(-c3ccc4ccccc4c3)s2)ccc1OCC(=O)N=O. The first-order valence-corrected chi connectivity index (χ1v) is 13.1. The second-order valence-corrected chi connectivity index (χ2v) is 10.1. The van der Waals surface area contributed by atoms with E-state index in [9.17, 15) is 14.5 Å². The highest BCUT2D eigenvalue weighted by Crippen LogP contribution is 2.39. The molecule has 0 fully saturated rings. The molecule has 0 spiro atoms. The van der Waals surface area contributed by atoms with Gasteiger partial charge in [0.1, 0.15) is 23.1 Å². The van der Waals surface area contributed by atoms with Gasteiger partial charge in [-0.1, -0.05) is 42.5 Å². The number of rotatable bonds is 8. The van der Waals surface area contributed by atoms with Crippen LogP contribution in [0.3, 0.4) is 0 Å². The quantitative estimate of drug-likeness (QED) is 0.211. The Morgan fingerprint density at radius 1 is 0.975 bits per heavy atom. The van der Waals surface area contributed by atoms with E-state index in [0.29, 0.717) is 22.6 Å². The minimum Gasteiger partial charge on any atom is -0.486 e. The number of hydrogen-bond acceptors (Lipinski definition) is 8. The first kappa shape index (κ1) is 25.2. The van der Waals surface area contributed by atoms with E-state index in [2.05, 4.69) is 40.5 Å². The first-order valence-electron chi connectivity index (χ1n) is 12.3. The van der Waals surface area contributed by atoms with E-state index < -0.39 is 18.3 Å². The molecule has 6 aromatic rings. The Morgan fingerprint density at radius 2 is 1.80 bits per heavy atom. The van der Waals surface area contributed by atoms with Crippen molar-refractivity contribution >= 4 is 39.1 Å². The number of benzene rings is 4. The zero-order chi connectivity index (χ0) is 27.6. The molecule has 1 N–H and O–H groups in total. The number of nitroso groups, excluding NO2 is 1. The van der Waals surface area contributed by atoms with Crippen molar-refractivity contribution in [3.05, 3.63) is 105 Å². The molecule has 0 radical (unpaired) electrons. The number of thiazole rings is 1. The lowest BCUT2D eigenvalue weighted by Gasteiger charge is -2.09. The third-order valence-corrected chi connectivity index (χ3v) is 7.42. The molecule has 40 heavy (non-hydrogen) atoms. The summed E-state index contributed by atoms with van der Waals surface area (Å²) < 4.78 is 16.7. The van der Waals surface area contributed by atoms with Crippen molar-refractivity contribution in [3.8, 4) is 33.2 Å². The van der Waals surface area contributed by atoms with Gasteiger partial charge in [-0.05, 0) is 65.2 Å². The van der Waals surface area contributed by atoms with E-state index in [0.717, 1.165) is 43.0 Å². The minimum absolute atomic E-state index is 0.222. The number of nitrogens with one attached hydrogen (secondary N) is 1. The molecule has 0 bridgehead atoms. The second-order valence-electron chi connectivity index (χ2n) is 9.06. The molecule has 0 saturated carbocycles. The van der Waals surface area contributed by atoms with Crippen molar-refractivity contribution in [3.63, 3.8) is 0 Å². The van der Waals surface area contributed by atoms with Crippen LogP contribution in [0.1, 0.15) is 10.6 Å². The van der Waals surface area contributed by atoms with E-state index in [1.54, 1.807) is 24.3 Å². The number of H-pyrrole nitrogens is 1. The van der Waals surface area contributed by atoms with Gasteiger partial charge in [0.2, 0.25) is 0 Å². The van der Waals surface area contributed by atoms with Gasteiger partial charge in [-0.25, -0.2) is 9.78 Å². The van der Waals surface area contributed by atoms with Crippen LogP contribution in [0.5, 0.6) is 11.5 Å². The van der Waals surface area contributed by atoms with Gasteiger partial charge >= 0.3 is 11.7 Å². The van der Waals surface area contributed by atoms with Gasteiger partial charge in [0.25, 0.3) is 0 Å². The normalized spacial score (nSPS) is 11.1. The summed E-state index contributed by atoms with van der Waals surface area (Å²) in [5.41, 5.74) is 4.42. The number of aryl methyl sites for hydroxylation is 1. The largest absolute Gasteiger partial charge is 0.486 e. The van der Waals surface area contributed by atoms with Gasteiger partial charge in [0, 0.05) is 10.7 Å². The van der Waals surface area contributed by atoms with Crippen LogP contribution in [0.4, 0.5) is 0 Å². The Bertz CT molecular complexity index is 1950. The van der Waals surface area contributed by atoms with E-state index in [-0.39, 0.29) is 6.61 Å². The maximum Gasteiger partial charge on any atom is 0.417 e. The number of hydrogen-bond donors (Lipinski definition) is 1. The summed E-state index contributed by atoms with van der Waals surface area (Å²) in [5.74, 6) is -0.317. The fourth-order valence-electron chi connectivity index (χ4n) is 4.43. The van der Waals surface area contributed by atoms with Crippen LogP contribution in [0.2, 0.25) is 0 Å². The summed E-state index contributed by atoms with van der Waals surface area (Å²) in [4.78, 5) is 41.7. The molecule has 198 valence electrons. The predicted octanol–water partition coefficient (Wildman–Crippen LogP) is 6.62. The van der Waals surface area contributed by atoms with Crippen LogP contribution >= 0.6 is 11.3 Å². The van der Waals surface area contributed by atoms with Crippen LogP contribution in [0.15, 0.2) is 93.3 Å². The topological polar surface area (TPSA) is 124 Å². The van der Waals surface area contributed by atoms with Crippen molar-refractivity contribution in [2.45, 2.75) is 13.5 Å². The second kappa shape index (κ2) is 10.6. The molecule has 4 aromatic carbocycles. The highest BCUT2D eigenvalue weighted by atomic mass is 32.1. The van der Waals surface area contributed by atoms with Crippen molar-refractivity contribution < 1.29 is 18.7 Å². The smallest absolute Gasteiger partial charge is 0.417 e. The number of nitrogens with zero attached hydrogens (tertiary/aromatic N) is 2. The van der Waals surface area contributed by atoms with Crippen LogP contribution in [0, 0.1) is 11.8 Å². The van der Waals surface area contributed by atoms with E-state index in [4.69, 9.17) is 18.9 Å². The van der Waals surface area contributed by atoms with E-state index in [1.807, 2.05) is 31.2 Å². The summed E-state index contributed by atoms with van der Waals surface area (Å²) in [5, 5.41) is 5.35. The van der Waals surface area contributed by atoms with E-state index >= 15 is 0 Å². The van der Waals surface area contributed by atoms with Crippen LogP contribution in [-0.4, -0.2) is 22.5 Å². The highest BCUT2D eigenvalue weighted by Gasteiger charge is 2.17. The van der Waals surface area contributed by atoms with Crippen molar-refractivity contribution in [1.29, 1.82) is 0 Å². The molecular weight excluding hydrogens is 530 g/mol. The lowest BCUT2D eigenvalue weighted by molar-refractivity contribution is -0.119. The molecule has 0 aliphatic rings. The average molecular weight is 552 g/mol. The molecule has 2 aromatic heterocycles. The molecule has 0 atom stereocenters. The number of amides is 1. The number of carbonyl (C=O) groups excluding carboxylic acids is 1. The number of carbonyl (C=O) groups is 1. The highest BCUT2D eigenvalue weighted by molar-refractivity contribution is 7.15. The average Bonchev–Trinajstić information content (AvgIpc) is 3.57. The zero-order valence-electron chi connectivity index (χ0n) is 21.2. The van der Waals surface area contributed by atoms with Crippen molar-refractivity contribution in [2.24, 2.45) is 5.18 Å². The third-order valence-electron chi connectivity index (χ3n) is 6.34. The lowest BCUT2D eigenvalue weighted by atomic mass is 10.0. The van der Waals surface area contributed by atoms with Crippen molar-refractivity contribution in [2.75, 3.05) is 6.61 Å². The molecule has 0 aliphatic heterocycles. The zero-order valence-corrected chi connectivity index (χ0v) is 22.0. The van der Waals surface area contributed by atoms with Crippen LogP contribution in [0.25, 0.3) is 43.6 Å². The number of aromatic nitrogens is 2. The minimum atomic E-state index is -0.876. The fraction of sp³-hybridized carbons (Fsp3) is 0.100. The molecular formula is C30H21N3O6S. The van der Waals surface area contributed by atoms with Gasteiger partial charge < -0.3 is 13.9 Å². The standard InChI is InChI=1S/C30H21N3O6S/c1-17-12-22(9-11-24(17)38-15-26(34)33-36)37-16-27-32-28(20-8-10-23-25(14-20)39-30(35)31-23)29(40-27)21-7-6-18-4-2-3-5-19(18)13-21/h2-14H,15-16H2,1H3,(H,31,35). The van der Waals surface area contributed by atoms with Gasteiger partial charge in [-0.2, -0.15) is 0 Å². The van der Waals surface area contributed by atoms with Gasteiger partial charge in [-0.3, -0.25) is 9.78 Å². The monoisotopic (exact) mass is 551 g/mol. The van der Waals surface area contributed by atoms with Crippen LogP contribution < -0.4 is 15.2 Å². The molecule has 1 amide bonds. The summed E-state index contributed by atoms with van der Waals surface area (Å²) in [6.07, 6.45) is 0. The van der Waals surface area contributed by atoms with Gasteiger partial charge in [-0.15, -0.1) is 16.2 Å². The van der Waals surface area contributed by atoms with Crippen molar-refractivity contribution in [1.82, 2.24) is 9.97 Å². The Labute approximate surface area is 231 Å². The summed E-state index contributed by atoms with van der Waals surface area (Å²) in [6.45, 7) is 1.62. The Morgan fingerprint density at radius 3 is 2.62 bits per heavy atom. The summed E-state index contributed by atoms with van der Waals surface area (Å²) in [7, 11) is 0. The fourth-order valence-corrected chi connectivity index (χ4v) is 5.42. The maximum absolute atomic E-state index is 11.7. The molecule has 0 unspecified atom stereocenters. The number of aromatic amines is 1. The molecule has 6 rings (SSSR count). The third kappa shape index (κ3) is 5.12. The lowest BCUT2D eigenvalue weighted by Crippen LogP contribution is -2.08. The molecule has 0 saturated heterocycles. The molecule has 10 heteroatoms. The Hall–Kier alpha value is -5.09. The van der Waals surface area contributed by atoms with Gasteiger partial charge in [0.15, 0.2) is 12.2 Å². The maximum atomic E-state index is 11.7. The number of ether oxygens (including phenoxy) is 2. The Balaban J connectivity index is 1.32. The summed E-state index contributed by atoms with van der Waals surface area (Å²) in [6, 6.07) is 25.2. The predicted molar refractivity (Wildman–Crippen MR) is 153 cm³/mol. The molecule has 0 aliphatic carbocycles. The molecule has 2 heterocycles. The Kier molecular flexibility index (Phi) is 6.67. The first-order chi connectivity index (χ1) is 19.5. The molecule has 9 nitrogen and oxygen atoms in total. The van der Waals surface area contributed by atoms with E-state index in [1.165, 1.54) is 11.3 Å². The summed E-state index contributed by atoms with van der Waals surface area (Å²) >= 11 is 1.53. The number of oxazole rings is 1. The van der Waals surface area contributed by atoms with Crippen LogP contribution in [-0.2, 0) is 11.4 Å².